The third-order valence-corrected chi connectivity index (χ3v) is 3.91. The highest BCUT2D eigenvalue weighted by Crippen LogP contribution is 2.29. The number of hydrogen-bond donors (Lipinski definition) is 0. The maximum absolute atomic E-state index is 12.4. The second-order valence-electron chi connectivity index (χ2n) is 6.19. The topological polar surface area (TPSA) is 33.5 Å². The van der Waals surface area contributed by atoms with Gasteiger partial charge in [0, 0.05) is 11.9 Å². The SMILES string of the molecule is CC1(C)CCN(CC(=O)c2coc3ccccc23)C1. The molecule has 1 aliphatic rings. The molecule has 0 N–H and O–H groups in total. The minimum absolute atomic E-state index is 0.155. The van der Waals surface area contributed by atoms with Crippen molar-refractivity contribution < 1.29 is 9.21 Å². The van der Waals surface area contributed by atoms with Crippen LogP contribution in [-0.4, -0.2) is 30.3 Å². The van der Waals surface area contributed by atoms with Crippen molar-refractivity contribution in [1.82, 2.24) is 4.90 Å². The predicted octanol–water partition coefficient (Wildman–Crippen LogP) is 3.35. The quantitative estimate of drug-likeness (QED) is 0.791. The molecule has 3 heteroatoms. The fraction of sp³-hybridized carbons (Fsp3) is 0.438. The Balaban J connectivity index is 1.78. The summed E-state index contributed by atoms with van der Waals surface area (Å²) >= 11 is 0. The minimum Gasteiger partial charge on any atom is -0.464 e. The molecule has 0 radical (unpaired) electrons. The lowest BCUT2D eigenvalue weighted by Crippen LogP contribution is -2.29. The minimum atomic E-state index is 0.155. The predicted molar refractivity (Wildman–Crippen MR) is 75.4 cm³/mol. The van der Waals surface area contributed by atoms with Crippen LogP contribution in [0.15, 0.2) is 34.9 Å². The van der Waals surface area contributed by atoms with E-state index >= 15 is 0 Å². The maximum Gasteiger partial charge on any atom is 0.180 e. The average Bonchev–Trinajstić information content (AvgIpc) is 2.92. The third-order valence-electron chi connectivity index (χ3n) is 3.91. The van der Waals surface area contributed by atoms with E-state index in [2.05, 4.69) is 18.7 Å². The average molecular weight is 257 g/mol. The van der Waals surface area contributed by atoms with E-state index in [1.165, 1.54) is 0 Å². The number of fused-ring (bicyclic) bond motifs is 1. The van der Waals surface area contributed by atoms with Gasteiger partial charge in [-0.05, 0) is 24.4 Å². The summed E-state index contributed by atoms with van der Waals surface area (Å²) in [7, 11) is 0. The van der Waals surface area contributed by atoms with Crippen molar-refractivity contribution in [2.24, 2.45) is 5.41 Å². The molecule has 1 aromatic carbocycles. The van der Waals surface area contributed by atoms with Crippen LogP contribution in [0.25, 0.3) is 11.0 Å². The van der Waals surface area contributed by atoms with Crippen LogP contribution in [0.2, 0.25) is 0 Å². The molecular weight excluding hydrogens is 238 g/mol. The number of rotatable bonds is 3. The number of benzene rings is 1. The van der Waals surface area contributed by atoms with E-state index in [0.717, 1.165) is 30.5 Å². The maximum atomic E-state index is 12.4. The van der Waals surface area contributed by atoms with Crippen LogP contribution in [-0.2, 0) is 0 Å². The van der Waals surface area contributed by atoms with Crippen LogP contribution in [0.4, 0.5) is 0 Å². The lowest BCUT2D eigenvalue weighted by atomic mass is 9.93. The number of likely N-dealkylation sites (tertiary alicyclic amines) is 1. The highest BCUT2D eigenvalue weighted by atomic mass is 16.3. The van der Waals surface area contributed by atoms with Crippen LogP contribution in [0.1, 0.15) is 30.6 Å². The Hall–Kier alpha value is -1.61. The van der Waals surface area contributed by atoms with Crippen LogP contribution in [0.3, 0.4) is 0 Å². The van der Waals surface area contributed by atoms with Gasteiger partial charge in [0.15, 0.2) is 5.78 Å². The number of carbonyl (C=O) groups excluding carboxylic acids is 1. The molecule has 1 saturated heterocycles. The van der Waals surface area contributed by atoms with E-state index < -0.39 is 0 Å². The second kappa shape index (κ2) is 4.49. The van der Waals surface area contributed by atoms with Gasteiger partial charge in [-0.15, -0.1) is 0 Å². The van der Waals surface area contributed by atoms with E-state index in [9.17, 15) is 4.79 Å². The van der Waals surface area contributed by atoms with Gasteiger partial charge in [0.25, 0.3) is 0 Å². The zero-order valence-electron chi connectivity index (χ0n) is 11.5. The molecule has 3 nitrogen and oxygen atoms in total. The molecule has 1 aromatic heterocycles. The largest absolute Gasteiger partial charge is 0.464 e. The molecular formula is C16H19NO2. The van der Waals surface area contributed by atoms with Crippen LogP contribution < -0.4 is 0 Å². The van der Waals surface area contributed by atoms with Gasteiger partial charge >= 0.3 is 0 Å². The van der Waals surface area contributed by atoms with Gasteiger partial charge in [-0.3, -0.25) is 9.69 Å². The molecule has 2 aromatic rings. The Morgan fingerprint density at radius 2 is 2.16 bits per heavy atom. The number of furan rings is 1. The molecule has 0 atom stereocenters. The first kappa shape index (κ1) is 12.4. The monoisotopic (exact) mass is 257 g/mol. The van der Waals surface area contributed by atoms with E-state index in [4.69, 9.17) is 4.42 Å². The Bertz CT molecular complexity index is 612. The summed E-state index contributed by atoms with van der Waals surface area (Å²) in [4.78, 5) is 14.6. The Kier molecular flexibility index (Phi) is 2.94. The van der Waals surface area contributed by atoms with E-state index in [0.29, 0.717) is 17.5 Å². The van der Waals surface area contributed by atoms with Crippen LogP contribution in [0.5, 0.6) is 0 Å². The normalized spacial score (nSPS) is 19.1. The summed E-state index contributed by atoms with van der Waals surface area (Å²) in [6, 6.07) is 7.70. The molecule has 0 spiro atoms. The van der Waals surface area contributed by atoms with Gasteiger partial charge in [0.2, 0.25) is 0 Å². The number of ketones is 1. The molecule has 0 saturated carbocycles. The summed E-state index contributed by atoms with van der Waals surface area (Å²) in [5, 5.41) is 0.922. The first-order valence-electron chi connectivity index (χ1n) is 6.77. The molecule has 0 amide bonds. The van der Waals surface area contributed by atoms with Gasteiger partial charge in [-0.1, -0.05) is 32.0 Å². The number of nitrogens with zero attached hydrogens (tertiary/aromatic N) is 1. The molecule has 100 valence electrons. The summed E-state index contributed by atoms with van der Waals surface area (Å²) in [5.41, 5.74) is 1.83. The van der Waals surface area contributed by atoms with E-state index in [-0.39, 0.29) is 5.78 Å². The van der Waals surface area contributed by atoms with Gasteiger partial charge in [0.05, 0.1) is 12.1 Å². The van der Waals surface area contributed by atoms with E-state index in [1.54, 1.807) is 6.26 Å². The number of para-hydroxylation sites is 1. The van der Waals surface area contributed by atoms with Crippen molar-refractivity contribution in [1.29, 1.82) is 0 Å². The first-order valence-corrected chi connectivity index (χ1v) is 6.77. The Morgan fingerprint density at radius 1 is 1.37 bits per heavy atom. The third kappa shape index (κ3) is 2.43. The van der Waals surface area contributed by atoms with Gasteiger partial charge in [0.1, 0.15) is 11.8 Å². The van der Waals surface area contributed by atoms with Gasteiger partial charge < -0.3 is 4.42 Å². The highest BCUT2D eigenvalue weighted by molar-refractivity contribution is 6.08. The van der Waals surface area contributed by atoms with Crippen LogP contribution in [0, 0.1) is 5.41 Å². The smallest absolute Gasteiger partial charge is 0.180 e. The van der Waals surface area contributed by atoms with Gasteiger partial charge in [-0.25, -0.2) is 0 Å². The second-order valence-corrected chi connectivity index (χ2v) is 6.19. The summed E-state index contributed by atoms with van der Waals surface area (Å²) in [6.45, 7) is 7.01. The standard InChI is InChI=1S/C16H19NO2/c1-16(2)7-8-17(11-16)9-14(18)13-10-19-15-6-4-3-5-12(13)15/h3-6,10H,7-9,11H2,1-2H3. The van der Waals surface area contributed by atoms with Crippen molar-refractivity contribution in [2.45, 2.75) is 20.3 Å². The van der Waals surface area contributed by atoms with Crippen LogP contribution >= 0.6 is 0 Å². The molecule has 0 bridgehead atoms. The molecule has 0 unspecified atom stereocenters. The Labute approximate surface area is 113 Å². The fourth-order valence-corrected chi connectivity index (χ4v) is 2.84. The number of carbonyl (C=O) groups is 1. The van der Waals surface area contributed by atoms with Gasteiger partial charge in [-0.2, -0.15) is 0 Å². The first-order chi connectivity index (χ1) is 9.05. The summed E-state index contributed by atoms with van der Waals surface area (Å²) in [6.07, 6.45) is 2.75. The van der Waals surface area contributed by atoms with Crippen molar-refractivity contribution in [3.63, 3.8) is 0 Å². The molecule has 3 rings (SSSR count). The number of Topliss-reactive ketones (excluding diaryl/α,β-unsaturated/α-hetero) is 1. The fourth-order valence-electron chi connectivity index (χ4n) is 2.84. The zero-order chi connectivity index (χ0) is 13.5. The van der Waals surface area contributed by atoms with Crippen molar-refractivity contribution in [3.05, 3.63) is 36.1 Å². The molecule has 0 aliphatic carbocycles. The highest BCUT2D eigenvalue weighted by Gasteiger charge is 2.30. The van der Waals surface area contributed by atoms with Crippen molar-refractivity contribution >= 4 is 16.8 Å². The molecule has 1 aliphatic heterocycles. The van der Waals surface area contributed by atoms with Crippen molar-refractivity contribution in [2.75, 3.05) is 19.6 Å². The lowest BCUT2D eigenvalue weighted by molar-refractivity contribution is 0.0941. The summed E-state index contributed by atoms with van der Waals surface area (Å²) < 4.78 is 5.44. The lowest BCUT2D eigenvalue weighted by Gasteiger charge is -2.18. The van der Waals surface area contributed by atoms with Crippen molar-refractivity contribution in [3.8, 4) is 0 Å². The summed E-state index contributed by atoms with van der Waals surface area (Å²) in [5.74, 6) is 0.155. The molecule has 2 heterocycles. The molecule has 19 heavy (non-hydrogen) atoms. The number of hydrogen-bond acceptors (Lipinski definition) is 3. The zero-order valence-corrected chi connectivity index (χ0v) is 11.5. The van der Waals surface area contributed by atoms with E-state index in [1.807, 2.05) is 24.3 Å². The molecule has 1 fully saturated rings. The Morgan fingerprint density at radius 3 is 2.89 bits per heavy atom.